The number of amides is 1. The van der Waals surface area contributed by atoms with Crippen LogP contribution in [-0.4, -0.2) is 49.5 Å². The second-order valence-electron chi connectivity index (χ2n) is 13.0. The summed E-state index contributed by atoms with van der Waals surface area (Å²) in [4.78, 5) is 29.4. The Hall–Kier alpha value is -5.38. The van der Waals surface area contributed by atoms with E-state index in [4.69, 9.17) is 19.4 Å². The molecular formula is C41H41N6O3. The first-order valence-corrected chi connectivity index (χ1v) is 17.0. The highest BCUT2D eigenvalue weighted by molar-refractivity contribution is 5.91. The summed E-state index contributed by atoms with van der Waals surface area (Å²) in [6.07, 6.45) is 0.795. The Balaban J connectivity index is 1.33. The van der Waals surface area contributed by atoms with Crippen LogP contribution >= 0.6 is 0 Å². The number of anilines is 1. The third-order valence-corrected chi connectivity index (χ3v) is 9.15. The number of fused-ring (bicyclic) bond motifs is 1. The van der Waals surface area contributed by atoms with Crippen LogP contribution in [0.2, 0.25) is 0 Å². The van der Waals surface area contributed by atoms with Crippen molar-refractivity contribution < 1.29 is 14.3 Å². The molecule has 6 aromatic rings. The minimum atomic E-state index is -0.661. The number of aromatic nitrogens is 4. The van der Waals surface area contributed by atoms with Gasteiger partial charge in [0.05, 0.1) is 18.0 Å². The van der Waals surface area contributed by atoms with Gasteiger partial charge in [-0.15, -0.1) is 0 Å². The van der Waals surface area contributed by atoms with Crippen LogP contribution in [0.3, 0.4) is 0 Å². The van der Waals surface area contributed by atoms with Gasteiger partial charge in [-0.2, -0.15) is 9.97 Å². The van der Waals surface area contributed by atoms with Gasteiger partial charge in [0.2, 0.25) is 17.7 Å². The minimum absolute atomic E-state index is 0.142. The van der Waals surface area contributed by atoms with Crippen LogP contribution in [-0.2, 0) is 21.7 Å². The normalized spacial score (nSPS) is 16.8. The van der Waals surface area contributed by atoms with E-state index < -0.39 is 11.8 Å². The Morgan fingerprint density at radius 3 is 2.02 bits per heavy atom. The van der Waals surface area contributed by atoms with Gasteiger partial charge in [0, 0.05) is 19.0 Å². The van der Waals surface area contributed by atoms with Gasteiger partial charge in [-0.05, 0) is 36.1 Å². The highest BCUT2D eigenvalue weighted by Crippen LogP contribution is 2.45. The van der Waals surface area contributed by atoms with E-state index in [9.17, 15) is 4.79 Å². The fourth-order valence-corrected chi connectivity index (χ4v) is 6.68. The Morgan fingerprint density at radius 2 is 1.46 bits per heavy atom. The zero-order chi connectivity index (χ0) is 34.7. The fraction of sp³-hybridized carbons (Fsp3) is 0.244. The molecule has 253 valence electrons. The summed E-state index contributed by atoms with van der Waals surface area (Å²) in [7, 11) is 0. The van der Waals surface area contributed by atoms with Crippen LogP contribution < -0.4 is 10.1 Å². The molecule has 9 nitrogen and oxygen atoms in total. The summed E-state index contributed by atoms with van der Waals surface area (Å²) in [6.45, 7) is 11.4. The zero-order valence-corrected chi connectivity index (χ0v) is 28.6. The van der Waals surface area contributed by atoms with E-state index >= 15 is 0 Å². The number of imidazole rings is 1. The van der Waals surface area contributed by atoms with E-state index in [0.717, 1.165) is 27.8 Å². The van der Waals surface area contributed by atoms with E-state index in [1.165, 1.54) is 0 Å². The Kier molecular flexibility index (Phi) is 9.43. The molecule has 1 aliphatic heterocycles. The monoisotopic (exact) mass is 665 g/mol. The molecule has 1 N–H and O–H groups in total. The summed E-state index contributed by atoms with van der Waals surface area (Å²) in [5, 5.41) is 2.86. The first kappa shape index (κ1) is 33.1. The van der Waals surface area contributed by atoms with Gasteiger partial charge in [0.25, 0.3) is 0 Å². The third kappa shape index (κ3) is 6.49. The van der Waals surface area contributed by atoms with Crippen LogP contribution in [0.1, 0.15) is 47.9 Å². The van der Waals surface area contributed by atoms with E-state index in [-0.39, 0.29) is 36.4 Å². The number of morpholine rings is 1. The van der Waals surface area contributed by atoms with E-state index in [1.54, 1.807) is 6.33 Å². The topological polar surface area (TPSA) is 94.4 Å². The molecule has 50 heavy (non-hydrogen) atoms. The van der Waals surface area contributed by atoms with Crippen LogP contribution in [0.4, 0.5) is 5.95 Å². The molecular weight excluding hydrogens is 624 g/mol. The number of carbonyl (C=O) groups excluding carboxylic acids is 1. The number of nitrogens with zero attached hydrogens (tertiary/aromatic N) is 5. The highest BCUT2D eigenvalue weighted by atomic mass is 16.5. The first-order valence-electron chi connectivity index (χ1n) is 17.0. The predicted octanol–water partition coefficient (Wildman–Crippen LogP) is 7.33. The molecule has 0 unspecified atom stereocenters. The molecule has 7 rings (SSSR count). The number of carbonyl (C=O) groups is 1. The van der Waals surface area contributed by atoms with E-state index in [2.05, 4.69) is 94.9 Å². The molecule has 3 heterocycles. The summed E-state index contributed by atoms with van der Waals surface area (Å²) < 4.78 is 14.7. The molecule has 9 heteroatoms. The summed E-state index contributed by atoms with van der Waals surface area (Å²) >= 11 is 0. The molecule has 1 aliphatic rings. The maximum atomic E-state index is 12.8. The SMILES string of the molecule is [CH2][C@H]1CN(C(c2ccccc2)(c2ccccc2)c2ccccc2)C[C@H](n2cnc3c(OCc4ccc(C)cc4)nc(NC(=O)C(C)C)nc32)O1. The molecule has 1 amide bonds. The largest absolute Gasteiger partial charge is 0.471 e. The number of hydrogen-bond acceptors (Lipinski definition) is 7. The third-order valence-electron chi connectivity index (χ3n) is 9.15. The van der Waals surface area contributed by atoms with Crippen LogP contribution in [0.25, 0.3) is 11.2 Å². The number of benzene rings is 4. The summed E-state index contributed by atoms with van der Waals surface area (Å²) in [6, 6.07) is 39.9. The van der Waals surface area contributed by atoms with Crippen LogP contribution in [0, 0.1) is 19.8 Å². The molecule has 0 spiro atoms. The molecule has 4 aromatic carbocycles. The smallest absolute Gasteiger partial charge is 0.247 e. The van der Waals surface area contributed by atoms with Crippen molar-refractivity contribution in [3.05, 3.63) is 156 Å². The number of aryl methyl sites for hydroxylation is 1. The van der Waals surface area contributed by atoms with Crippen molar-refractivity contribution in [2.24, 2.45) is 5.92 Å². The van der Waals surface area contributed by atoms with Gasteiger partial charge in [-0.1, -0.05) is 135 Å². The lowest BCUT2D eigenvalue weighted by atomic mass is 9.75. The molecule has 2 atom stereocenters. The van der Waals surface area contributed by atoms with Crippen molar-refractivity contribution in [1.82, 2.24) is 24.4 Å². The molecule has 1 fully saturated rings. The van der Waals surface area contributed by atoms with E-state index in [1.807, 2.05) is 67.8 Å². The van der Waals surface area contributed by atoms with E-state index in [0.29, 0.717) is 24.3 Å². The molecule has 0 bridgehead atoms. The fourth-order valence-electron chi connectivity index (χ4n) is 6.68. The number of rotatable bonds is 10. The molecule has 1 saturated heterocycles. The van der Waals surface area contributed by atoms with Crippen LogP contribution in [0.15, 0.2) is 122 Å². The van der Waals surface area contributed by atoms with Gasteiger partial charge in [0.1, 0.15) is 12.8 Å². The second-order valence-corrected chi connectivity index (χ2v) is 13.0. The maximum absolute atomic E-state index is 12.8. The molecule has 0 aliphatic carbocycles. The zero-order valence-electron chi connectivity index (χ0n) is 28.6. The molecule has 2 aromatic heterocycles. The van der Waals surface area contributed by atoms with Crippen molar-refractivity contribution in [3.63, 3.8) is 0 Å². The Bertz CT molecular complexity index is 1950. The molecule has 1 radical (unpaired) electrons. The van der Waals surface area contributed by atoms with Crippen molar-refractivity contribution in [1.29, 1.82) is 0 Å². The van der Waals surface area contributed by atoms with Crippen molar-refractivity contribution in [2.45, 2.75) is 45.2 Å². The number of nitrogens with one attached hydrogen (secondary N) is 1. The lowest BCUT2D eigenvalue weighted by Gasteiger charge is -2.50. The standard InChI is InChI=1S/C41H41N6O3/c1-28(2)38(48)44-40-43-37-36(39(45-40)49-26-31-22-20-29(3)21-23-31)42-27-47(37)35-25-46(24-30(4)50-35)41(32-14-8-5-9-15-32,33-16-10-6-11-17-33)34-18-12-7-13-19-34/h5-23,27-28,30,35H,4,24-26H2,1-3H3,(H,43,44,45,48)/t30-,35+/m0/s1. The van der Waals surface area contributed by atoms with Crippen molar-refractivity contribution in [3.8, 4) is 5.88 Å². The van der Waals surface area contributed by atoms with Crippen LogP contribution in [0.5, 0.6) is 5.88 Å². The summed E-state index contributed by atoms with van der Waals surface area (Å²) in [5.41, 5.74) is 5.85. The second kappa shape index (κ2) is 14.2. The lowest BCUT2D eigenvalue weighted by Crippen LogP contribution is -2.56. The Labute approximate surface area is 292 Å². The minimum Gasteiger partial charge on any atom is -0.471 e. The van der Waals surface area contributed by atoms with Gasteiger partial charge < -0.3 is 9.47 Å². The average molecular weight is 666 g/mol. The predicted molar refractivity (Wildman–Crippen MR) is 194 cm³/mol. The average Bonchev–Trinajstić information content (AvgIpc) is 3.57. The van der Waals surface area contributed by atoms with Gasteiger partial charge in [-0.3, -0.25) is 19.6 Å². The van der Waals surface area contributed by atoms with Crippen molar-refractivity contribution >= 4 is 23.0 Å². The molecule has 0 saturated carbocycles. The van der Waals surface area contributed by atoms with Gasteiger partial charge in [0.15, 0.2) is 11.2 Å². The quantitative estimate of drug-likeness (QED) is 0.153. The summed E-state index contributed by atoms with van der Waals surface area (Å²) in [5.74, 6) is -0.0427. The first-order chi connectivity index (χ1) is 24.3. The maximum Gasteiger partial charge on any atom is 0.247 e. The van der Waals surface area contributed by atoms with Gasteiger partial charge >= 0.3 is 0 Å². The van der Waals surface area contributed by atoms with Crippen molar-refractivity contribution in [2.75, 3.05) is 18.4 Å². The number of ether oxygens (including phenoxy) is 2. The number of hydrogen-bond donors (Lipinski definition) is 1. The highest BCUT2D eigenvalue weighted by Gasteiger charge is 2.46. The lowest BCUT2D eigenvalue weighted by molar-refractivity contribution is -0.119. The van der Waals surface area contributed by atoms with Gasteiger partial charge in [-0.25, -0.2) is 4.98 Å². The Morgan fingerprint density at radius 1 is 0.880 bits per heavy atom.